The third kappa shape index (κ3) is 5.80. The minimum Gasteiger partial charge on any atom is -0.451 e. The predicted octanol–water partition coefficient (Wildman–Crippen LogP) is 3.04. The molecule has 0 spiro atoms. The van der Waals surface area contributed by atoms with Gasteiger partial charge in [0.05, 0.1) is 11.9 Å². The first-order valence-electron chi connectivity index (χ1n) is 8.38. The van der Waals surface area contributed by atoms with Gasteiger partial charge >= 0.3 is 5.97 Å². The Morgan fingerprint density at radius 2 is 1.74 bits per heavy atom. The highest BCUT2D eigenvalue weighted by Gasteiger charge is 2.19. The van der Waals surface area contributed by atoms with Crippen LogP contribution in [-0.2, 0) is 32.4 Å². The van der Waals surface area contributed by atoms with Gasteiger partial charge in [0.2, 0.25) is 10.0 Å². The van der Waals surface area contributed by atoms with Crippen LogP contribution in [0.3, 0.4) is 0 Å². The van der Waals surface area contributed by atoms with E-state index < -0.39 is 28.5 Å². The van der Waals surface area contributed by atoms with Gasteiger partial charge in [0, 0.05) is 5.69 Å². The van der Waals surface area contributed by atoms with Crippen molar-refractivity contribution in [3.05, 3.63) is 45.6 Å². The van der Waals surface area contributed by atoms with Crippen molar-refractivity contribution in [1.29, 1.82) is 0 Å². The van der Waals surface area contributed by atoms with Crippen molar-refractivity contribution in [2.24, 2.45) is 0 Å². The lowest BCUT2D eigenvalue weighted by Crippen LogP contribution is -2.22. The molecule has 0 saturated heterocycles. The smallest absolute Gasteiger partial charge is 0.350 e. The molecule has 0 saturated carbocycles. The Morgan fingerprint density at radius 3 is 2.30 bits per heavy atom. The Bertz CT molecular complexity index is 913. The topological polar surface area (TPSA) is 102 Å². The number of thiophene rings is 1. The molecule has 0 aliphatic heterocycles. The van der Waals surface area contributed by atoms with Crippen LogP contribution >= 0.6 is 11.3 Å². The summed E-state index contributed by atoms with van der Waals surface area (Å²) < 4.78 is 30.0. The molecule has 9 heteroatoms. The van der Waals surface area contributed by atoms with Crippen LogP contribution in [0.1, 0.15) is 34.6 Å². The second-order valence-electron chi connectivity index (χ2n) is 5.82. The van der Waals surface area contributed by atoms with Crippen LogP contribution in [0, 0.1) is 0 Å². The number of amides is 1. The van der Waals surface area contributed by atoms with E-state index in [0.717, 1.165) is 47.2 Å². The number of ether oxygens (including phenoxy) is 1. The van der Waals surface area contributed by atoms with E-state index in [1.807, 2.05) is 32.0 Å². The Labute approximate surface area is 162 Å². The number of carbonyl (C=O) groups excluding carboxylic acids is 2. The molecule has 146 valence electrons. The fourth-order valence-electron chi connectivity index (χ4n) is 2.52. The van der Waals surface area contributed by atoms with E-state index in [1.165, 1.54) is 6.07 Å². The Kier molecular flexibility index (Phi) is 6.98. The summed E-state index contributed by atoms with van der Waals surface area (Å²) in [7, 11) is -3.52. The van der Waals surface area contributed by atoms with E-state index in [0.29, 0.717) is 0 Å². The molecule has 0 aliphatic carbocycles. The molecule has 0 fully saturated rings. The summed E-state index contributed by atoms with van der Waals surface area (Å²) in [6, 6.07) is 7.29. The first-order chi connectivity index (χ1) is 12.7. The molecule has 2 aromatic rings. The highest BCUT2D eigenvalue weighted by atomic mass is 32.2. The maximum Gasteiger partial charge on any atom is 0.350 e. The Morgan fingerprint density at radius 1 is 1.11 bits per heavy atom. The SMILES string of the molecule is CCc1cccc(CC)c1NC(=O)COC(=O)c1sccc1NS(C)(=O)=O. The van der Waals surface area contributed by atoms with Crippen molar-refractivity contribution < 1.29 is 22.7 Å². The number of hydrogen-bond acceptors (Lipinski definition) is 6. The van der Waals surface area contributed by atoms with E-state index in [9.17, 15) is 18.0 Å². The molecular formula is C18H22N2O5S2. The molecule has 1 aromatic heterocycles. The van der Waals surface area contributed by atoms with Gasteiger partial charge in [0.15, 0.2) is 6.61 Å². The van der Waals surface area contributed by atoms with Gasteiger partial charge < -0.3 is 10.1 Å². The maximum absolute atomic E-state index is 12.2. The number of benzene rings is 1. The van der Waals surface area contributed by atoms with Crippen LogP contribution in [-0.4, -0.2) is 33.2 Å². The molecule has 0 atom stereocenters. The first kappa shape index (κ1) is 20.9. The van der Waals surface area contributed by atoms with E-state index >= 15 is 0 Å². The highest BCUT2D eigenvalue weighted by molar-refractivity contribution is 7.92. The van der Waals surface area contributed by atoms with Gasteiger partial charge in [0.25, 0.3) is 5.91 Å². The van der Waals surface area contributed by atoms with E-state index in [1.54, 1.807) is 5.38 Å². The maximum atomic E-state index is 12.2. The average molecular weight is 411 g/mol. The number of rotatable bonds is 8. The number of para-hydroxylation sites is 1. The molecule has 0 unspecified atom stereocenters. The number of sulfonamides is 1. The van der Waals surface area contributed by atoms with Gasteiger partial charge in [-0.15, -0.1) is 11.3 Å². The standard InChI is InChI=1S/C18H22N2O5S2/c1-4-12-7-6-8-13(5-2)16(12)19-15(21)11-25-18(22)17-14(9-10-26-17)20-27(3,23)24/h6-10,20H,4-5,11H2,1-3H3,(H,19,21). The van der Waals surface area contributed by atoms with Crippen LogP contribution in [0.25, 0.3) is 0 Å². The summed E-state index contributed by atoms with van der Waals surface area (Å²) in [4.78, 5) is 24.5. The third-order valence-electron chi connectivity index (χ3n) is 3.74. The molecule has 0 bridgehead atoms. The number of esters is 1. The van der Waals surface area contributed by atoms with Crippen LogP contribution in [0.5, 0.6) is 0 Å². The van der Waals surface area contributed by atoms with Crippen molar-refractivity contribution in [3.8, 4) is 0 Å². The molecule has 0 radical (unpaired) electrons. The summed E-state index contributed by atoms with van der Waals surface area (Å²) in [6.45, 7) is 3.53. The summed E-state index contributed by atoms with van der Waals surface area (Å²) in [5.74, 6) is -1.21. The van der Waals surface area contributed by atoms with Gasteiger partial charge in [0.1, 0.15) is 4.88 Å². The first-order valence-corrected chi connectivity index (χ1v) is 11.1. The number of anilines is 2. The van der Waals surface area contributed by atoms with Crippen molar-refractivity contribution in [2.75, 3.05) is 22.9 Å². The summed E-state index contributed by atoms with van der Waals surface area (Å²) in [5.41, 5.74) is 2.90. The van der Waals surface area contributed by atoms with Crippen LogP contribution in [0.4, 0.5) is 11.4 Å². The molecule has 7 nitrogen and oxygen atoms in total. The lowest BCUT2D eigenvalue weighted by atomic mass is 10.0. The third-order valence-corrected chi connectivity index (χ3v) is 5.23. The zero-order chi connectivity index (χ0) is 20.0. The number of carbonyl (C=O) groups is 2. The molecule has 2 N–H and O–H groups in total. The summed E-state index contributed by atoms with van der Waals surface area (Å²) >= 11 is 1.03. The average Bonchev–Trinajstić information content (AvgIpc) is 3.06. The van der Waals surface area contributed by atoms with E-state index in [2.05, 4.69) is 10.0 Å². The molecular weight excluding hydrogens is 388 g/mol. The molecule has 1 aromatic carbocycles. The van der Waals surface area contributed by atoms with Crippen LogP contribution < -0.4 is 10.0 Å². The van der Waals surface area contributed by atoms with Gasteiger partial charge in [-0.3, -0.25) is 9.52 Å². The quantitative estimate of drug-likeness (QED) is 0.652. The molecule has 1 amide bonds. The zero-order valence-corrected chi connectivity index (χ0v) is 17.0. The van der Waals surface area contributed by atoms with E-state index in [4.69, 9.17) is 4.74 Å². The number of aryl methyl sites for hydroxylation is 2. The predicted molar refractivity (Wildman–Crippen MR) is 107 cm³/mol. The lowest BCUT2D eigenvalue weighted by molar-refractivity contribution is -0.119. The van der Waals surface area contributed by atoms with Crippen molar-refractivity contribution in [2.45, 2.75) is 26.7 Å². The van der Waals surface area contributed by atoms with Gasteiger partial charge in [-0.05, 0) is 35.4 Å². The number of nitrogens with one attached hydrogen (secondary N) is 2. The second kappa shape index (κ2) is 9.01. The number of hydrogen-bond donors (Lipinski definition) is 2. The zero-order valence-electron chi connectivity index (χ0n) is 15.4. The van der Waals surface area contributed by atoms with Crippen LogP contribution in [0.15, 0.2) is 29.6 Å². The van der Waals surface area contributed by atoms with Crippen molar-refractivity contribution >= 4 is 44.6 Å². The molecule has 2 rings (SSSR count). The van der Waals surface area contributed by atoms with Gasteiger partial charge in [-0.25, -0.2) is 13.2 Å². The Balaban J connectivity index is 2.03. The summed E-state index contributed by atoms with van der Waals surface area (Å²) in [6.07, 6.45) is 2.52. The highest BCUT2D eigenvalue weighted by Crippen LogP contribution is 2.25. The fourth-order valence-corrected chi connectivity index (χ4v) is 3.90. The van der Waals surface area contributed by atoms with Gasteiger partial charge in [-0.2, -0.15) is 0 Å². The second-order valence-corrected chi connectivity index (χ2v) is 8.48. The van der Waals surface area contributed by atoms with Crippen molar-refractivity contribution in [3.63, 3.8) is 0 Å². The molecule has 27 heavy (non-hydrogen) atoms. The van der Waals surface area contributed by atoms with Gasteiger partial charge in [-0.1, -0.05) is 32.0 Å². The largest absolute Gasteiger partial charge is 0.451 e. The molecule has 0 aliphatic rings. The Hall–Kier alpha value is -2.39. The lowest BCUT2D eigenvalue weighted by Gasteiger charge is -2.14. The minimum absolute atomic E-state index is 0.0939. The minimum atomic E-state index is -3.52. The monoisotopic (exact) mass is 410 g/mol. The van der Waals surface area contributed by atoms with E-state index in [-0.39, 0.29) is 10.6 Å². The summed E-state index contributed by atoms with van der Waals surface area (Å²) in [5, 5.41) is 4.37. The normalized spacial score (nSPS) is 11.1. The molecule has 1 heterocycles. The van der Waals surface area contributed by atoms with Crippen molar-refractivity contribution in [1.82, 2.24) is 0 Å². The van der Waals surface area contributed by atoms with Crippen LogP contribution in [0.2, 0.25) is 0 Å². The fraction of sp³-hybridized carbons (Fsp3) is 0.333.